The van der Waals surface area contributed by atoms with Crippen molar-refractivity contribution in [1.29, 1.82) is 0 Å². The van der Waals surface area contributed by atoms with Gasteiger partial charge in [-0.15, -0.1) is 0 Å². The molecule has 0 radical (unpaired) electrons. The van der Waals surface area contributed by atoms with Crippen molar-refractivity contribution in [2.24, 2.45) is 4.99 Å². The van der Waals surface area contributed by atoms with Gasteiger partial charge in [-0.3, -0.25) is 4.79 Å². The molecule has 1 aliphatic rings. The Morgan fingerprint density at radius 1 is 1.06 bits per heavy atom. The van der Waals surface area contributed by atoms with E-state index in [1.807, 2.05) is 60.7 Å². The van der Waals surface area contributed by atoms with Crippen LogP contribution in [0.5, 0.6) is 17.2 Å². The maximum Gasteiger partial charge on any atom is 0.264 e. The summed E-state index contributed by atoms with van der Waals surface area (Å²) in [7, 11) is 3.18. The summed E-state index contributed by atoms with van der Waals surface area (Å²) in [6.07, 6.45) is 1.78. The number of rotatable bonds is 7. The SMILES string of the molecule is COc1ccc(N=C2NC(=O)/C(=C/c3cc(Br)c(OCc4ccc(Cl)cc4)c(OC)c3)S2)cc1. The van der Waals surface area contributed by atoms with Gasteiger partial charge in [0.25, 0.3) is 5.91 Å². The third-order valence-corrected chi connectivity index (χ3v) is 6.55. The number of amides is 1. The highest BCUT2D eigenvalue weighted by Crippen LogP contribution is 2.39. The molecule has 1 fully saturated rings. The molecular formula is C25H20BrClN2O4S. The fraction of sp³-hybridized carbons (Fsp3) is 0.120. The minimum absolute atomic E-state index is 0.213. The van der Waals surface area contributed by atoms with Crippen molar-refractivity contribution in [3.05, 3.63) is 86.2 Å². The van der Waals surface area contributed by atoms with Gasteiger partial charge in [0.1, 0.15) is 12.4 Å². The third-order valence-electron chi connectivity index (χ3n) is 4.80. The van der Waals surface area contributed by atoms with E-state index in [1.54, 1.807) is 20.3 Å². The summed E-state index contributed by atoms with van der Waals surface area (Å²) >= 11 is 10.8. The van der Waals surface area contributed by atoms with Crippen LogP contribution in [0.3, 0.4) is 0 Å². The standard InChI is InChI=1S/C25H20BrClN2O4S/c1-31-19-9-7-18(8-10-19)28-25-29-24(30)22(34-25)13-16-11-20(26)23(21(12-16)32-2)33-14-15-3-5-17(27)6-4-15/h3-13H,14H2,1-2H3,(H,28,29,30)/b22-13-. The van der Waals surface area contributed by atoms with Gasteiger partial charge < -0.3 is 19.5 Å². The number of nitrogens with zero attached hydrogens (tertiary/aromatic N) is 1. The molecule has 0 spiro atoms. The number of carbonyl (C=O) groups excluding carboxylic acids is 1. The normalized spacial score (nSPS) is 15.5. The number of ether oxygens (including phenoxy) is 3. The zero-order valence-corrected chi connectivity index (χ0v) is 21.5. The van der Waals surface area contributed by atoms with Crippen LogP contribution in [0.4, 0.5) is 5.69 Å². The Morgan fingerprint density at radius 3 is 2.47 bits per heavy atom. The minimum atomic E-state index is -0.213. The largest absolute Gasteiger partial charge is 0.497 e. The van der Waals surface area contributed by atoms with Crippen LogP contribution in [-0.4, -0.2) is 25.3 Å². The zero-order valence-electron chi connectivity index (χ0n) is 18.3. The Kier molecular flexibility index (Phi) is 7.82. The second kappa shape index (κ2) is 11.0. The summed E-state index contributed by atoms with van der Waals surface area (Å²) < 4.78 is 17.4. The van der Waals surface area contributed by atoms with Gasteiger partial charge in [-0.05, 0) is 93.4 Å². The topological polar surface area (TPSA) is 69.2 Å². The monoisotopic (exact) mass is 558 g/mol. The Morgan fingerprint density at radius 2 is 1.79 bits per heavy atom. The predicted octanol–water partition coefficient (Wildman–Crippen LogP) is 6.59. The quantitative estimate of drug-likeness (QED) is 0.331. The van der Waals surface area contributed by atoms with Crippen LogP contribution in [0.15, 0.2) is 75.0 Å². The van der Waals surface area contributed by atoms with Crippen LogP contribution in [0.1, 0.15) is 11.1 Å². The van der Waals surface area contributed by atoms with Crippen LogP contribution in [0.25, 0.3) is 6.08 Å². The highest BCUT2D eigenvalue weighted by molar-refractivity contribution is 9.10. The number of hydrogen-bond acceptors (Lipinski definition) is 6. The molecule has 1 aliphatic heterocycles. The highest BCUT2D eigenvalue weighted by atomic mass is 79.9. The first-order valence-electron chi connectivity index (χ1n) is 10.1. The zero-order chi connectivity index (χ0) is 24.1. The first kappa shape index (κ1) is 24.2. The smallest absolute Gasteiger partial charge is 0.264 e. The third kappa shape index (κ3) is 5.94. The number of carbonyl (C=O) groups is 1. The van der Waals surface area contributed by atoms with E-state index in [1.165, 1.54) is 11.8 Å². The van der Waals surface area contributed by atoms with Gasteiger partial charge in [0.05, 0.1) is 29.3 Å². The van der Waals surface area contributed by atoms with E-state index in [0.717, 1.165) is 22.6 Å². The van der Waals surface area contributed by atoms with Gasteiger partial charge in [0.2, 0.25) is 0 Å². The van der Waals surface area contributed by atoms with Gasteiger partial charge >= 0.3 is 0 Å². The number of benzene rings is 3. The number of nitrogens with one attached hydrogen (secondary N) is 1. The van der Waals surface area contributed by atoms with E-state index in [4.69, 9.17) is 25.8 Å². The maximum atomic E-state index is 12.5. The van der Waals surface area contributed by atoms with Gasteiger partial charge in [-0.25, -0.2) is 4.99 Å². The number of aliphatic imine (C=N–C) groups is 1. The summed E-state index contributed by atoms with van der Waals surface area (Å²) in [5, 5.41) is 3.98. The van der Waals surface area contributed by atoms with Crippen molar-refractivity contribution in [3.8, 4) is 17.2 Å². The summed E-state index contributed by atoms with van der Waals surface area (Å²) in [5.74, 6) is 1.65. The maximum absolute atomic E-state index is 12.5. The van der Waals surface area contributed by atoms with Crippen molar-refractivity contribution < 1.29 is 19.0 Å². The first-order valence-corrected chi connectivity index (χ1v) is 12.1. The number of halogens is 2. The van der Waals surface area contributed by atoms with Crippen molar-refractivity contribution >= 4 is 62.1 Å². The Balaban J connectivity index is 1.51. The van der Waals surface area contributed by atoms with Crippen molar-refractivity contribution in [2.75, 3.05) is 14.2 Å². The van der Waals surface area contributed by atoms with Crippen molar-refractivity contribution in [1.82, 2.24) is 5.32 Å². The second-order valence-corrected chi connectivity index (χ2v) is 9.45. The lowest BCUT2D eigenvalue weighted by atomic mass is 10.2. The summed E-state index contributed by atoms with van der Waals surface area (Å²) in [4.78, 5) is 17.5. The molecule has 174 valence electrons. The molecule has 1 saturated heterocycles. The summed E-state index contributed by atoms with van der Waals surface area (Å²) in [6.45, 7) is 0.357. The number of hydrogen-bond donors (Lipinski definition) is 1. The first-order chi connectivity index (χ1) is 16.4. The van der Waals surface area contributed by atoms with Gasteiger partial charge in [0, 0.05) is 5.02 Å². The molecule has 1 heterocycles. The minimum Gasteiger partial charge on any atom is -0.497 e. The van der Waals surface area contributed by atoms with Crippen molar-refractivity contribution in [3.63, 3.8) is 0 Å². The lowest BCUT2D eigenvalue weighted by molar-refractivity contribution is -0.115. The highest BCUT2D eigenvalue weighted by Gasteiger charge is 2.24. The van der Waals surface area contributed by atoms with Crippen LogP contribution in [0, 0.1) is 0 Å². The second-order valence-electron chi connectivity index (χ2n) is 7.13. The molecule has 0 atom stereocenters. The summed E-state index contributed by atoms with van der Waals surface area (Å²) in [5.41, 5.74) is 2.48. The molecule has 0 aliphatic carbocycles. The van der Waals surface area contributed by atoms with Crippen molar-refractivity contribution in [2.45, 2.75) is 6.61 Å². The van der Waals surface area contributed by atoms with E-state index < -0.39 is 0 Å². The number of amidine groups is 1. The lowest BCUT2D eigenvalue weighted by Crippen LogP contribution is -2.19. The molecule has 0 saturated carbocycles. The van der Waals surface area contributed by atoms with E-state index >= 15 is 0 Å². The molecule has 3 aromatic rings. The van der Waals surface area contributed by atoms with Gasteiger partial charge in [0.15, 0.2) is 16.7 Å². The summed E-state index contributed by atoms with van der Waals surface area (Å²) in [6, 6.07) is 18.4. The average molecular weight is 560 g/mol. The Labute approximate surface area is 215 Å². The molecule has 1 amide bonds. The van der Waals surface area contributed by atoms with Crippen LogP contribution in [0.2, 0.25) is 5.02 Å². The molecular weight excluding hydrogens is 540 g/mol. The Hall–Kier alpha value is -2.94. The van der Waals surface area contributed by atoms with E-state index in [2.05, 4.69) is 26.2 Å². The molecule has 0 bridgehead atoms. The molecule has 0 unspecified atom stereocenters. The Bertz CT molecular complexity index is 1260. The predicted molar refractivity (Wildman–Crippen MR) is 140 cm³/mol. The van der Waals surface area contributed by atoms with E-state index in [9.17, 15) is 4.79 Å². The van der Waals surface area contributed by atoms with E-state index in [0.29, 0.717) is 37.7 Å². The number of methoxy groups -OCH3 is 2. The molecule has 34 heavy (non-hydrogen) atoms. The van der Waals surface area contributed by atoms with Gasteiger partial charge in [-0.2, -0.15) is 0 Å². The van der Waals surface area contributed by atoms with Crippen LogP contribution >= 0.6 is 39.3 Å². The molecule has 9 heteroatoms. The van der Waals surface area contributed by atoms with Crippen LogP contribution < -0.4 is 19.5 Å². The molecule has 6 nitrogen and oxygen atoms in total. The van der Waals surface area contributed by atoms with E-state index in [-0.39, 0.29) is 5.91 Å². The van der Waals surface area contributed by atoms with Crippen LogP contribution in [-0.2, 0) is 11.4 Å². The van der Waals surface area contributed by atoms with Gasteiger partial charge in [-0.1, -0.05) is 23.7 Å². The molecule has 3 aromatic carbocycles. The average Bonchev–Trinajstić information content (AvgIpc) is 3.17. The number of thioether (sulfide) groups is 1. The molecule has 4 rings (SSSR count). The lowest BCUT2D eigenvalue weighted by Gasteiger charge is -2.14. The molecule has 0 aromatic heterocycles. The fourth-order valence-corrected chi connectivity index (χ4v) is 4.65. The molecule has 1 N–H and O–H groups in total. The fourth-order valence-electron chi connectivity index (χ4n) is 3.11.